The molecule has 1 unspecified atom stereocenters. The summed E-state index contributed by atoms with van der Waals surface area (Å²) < 4.78 is 1.84. The molecule has 158 valence electrons. The second-order valence-corrected chi connectivity index (χ2v) is 7.11. The Hall–Kier alpha value is -2.17. The quantitative estimate of drug-likeness (QED) is 0.365. The van der Waals surface area contributed by atoms with Gasteiger partial charge in [0.25, 0.3) is 0 Å². The normalized spacial score (nSPS) is 16.5. The zero-order valence-corrected chi connectivity index (χ0v) is 19.8. The van der Waals surface area contributed by atoms with Gasteiger partial charge in [0, 0.05) is 51.0 Å². The van der Waals surface area contributed by atoms with Crippen LogP contribution in [0.3, 0.4) is 0 Å². The van der Waals surface area contributed by atoms with Crippen LogP contribution in [0, 0.1) is 13.8 Å². The van der Waals surface area contributed by atoms with E-state index in [-0.39, 0.29) is 35.9 Å². The molecule has 29 heavy (non-hydrogen) atoms. The van der Waals surface area contributed by atoms with Gasteiger partial charge < -0.3 is 15.5 Å². The average Bonchev–Trinajstić information content (AvgIpc) is 3.30. The molecule has 2 aromatic heterocycles. The lowest BCUT2D eigenvalue weighted by molar-refractivity contribution is -0.129. The number of aliphatic imine (C=N–C) groups is 1. The van der Waals surface area contributed by atoms with Gasteiger partial charge in [-0.15, -0.1) is 24.0 Å². The molecule has 0 spiro atoms. The van der Waals surface area contributed by atoms with Gasteiger partial charge in [-0.25, -0.2) is 9.67 Å². The smallest absolute Gasteiger partial charge is 0.222 e. The molecule has 1 aliphatic rings. The number of nitrogens with one attached hydrogen (secondary N) is 2. The lowest BCUT2D eigenvalue weighted by atomic mass is 10.2. The fraction of sp³-hybridized carbons (Fsp3) is 0.500. The number of guanidine groups is 1. The number of pyridine rings is 1. The summed E-state index contributed by atoms with van der Waals surface area (Å²) >= 11 is 0. The number of hydrogen-bond acceptors (Lipinski definition) is 4. The van der Waals surface area contributed by atoms with Crippen molar-refractivity contribution >= 4 is 35.8 Å². The van der Waals surface area contributed by atoms with Gasteiger partial charge in [0.2, 0.25) is 5.91 Å². The van der Waals surface area contributed by atoms with E-state index < -0.39 is 0 Å². The fourth-order valence-corrected chi connectivity index (χ4v) is 3.41. The summed E-state index contributed by atoms with van der Waals surface area (Å²) in [6.45, 7) is 8.05. The van der Waals surface area contributed by atoms with Crippen LogP contribution in [0.1, 0.15) is 36.7 Å². The summed E-state index contributed by atoms with van der Waals surface area (Å²) in [5, 5.41) is 11.2. The molecule has 0 aliphatic carbocycles. The number of carbonyl (C=O) groups is 1. The van der Waals surface area contributed by atoms with Gasteiger partial charge in [0.1, 0.15) is 0 Å². The second-order valence-electron chi connectivity index (χ2n) is 7.11. The maximum atomic E-state index is 11.8. The van der Waals surface area contributed by atoms with Gasteiger partial charge >= 0.3 is 0 Å². The van der Waals surface area contributed by atoms with Gasteiger partial charge in [-0.05, 0) is 38.0 Å². The van der Waals surface area contributed by atoms with Crippen molar-refractivity contribution in [1.82, 2.24) is 30.3 Å². The zero-order chi connectivity index (χ0) is 20.1. The van der Waals surface area contributed by atoms with Gasteiger partial charge in [0.15, 0.2) is 11.8 Å². The largest absolute Gasteiger partial charge is 0.352 e. The highest BCUT2D eigenvalue weighted by atomic mass is 127. The Kier molecular flexibility index (Phi) is 8.42. The van der Waals surface area contributed by atoms with Crippen LogP contribution < -0.4 is 10.6 Å². The van der Waals surface area contributed by atoms with Crippen molar-refractivity contribution in [2.24, 2.45) is 4.99 Å². The van der Waals surface area contributed by atoms with Crippen molar-refractivity contribution < 1.29 is 4.79 Å². The minimum atomic E-state index is 0. The van der Waals surface area contributed by atoms with Crippen molar-refractivity contribution in [3.8, 4) is 5.82 Å². The molecule has 3 rings (SSSR count). The van der Waals surface area contributed by atoms with Gasteiger partial charge in [-0.1, -0.05) is 13.0 Å². The predicted molar refractivity (Wildman–Crippen MR) is 125 cm³/mol. The maximum Gasteiger partial charge on any atom is 0.222 e. The van der Waals surface area contributed by atoms with E-state index >= 15 is 0 Å². The highest BCUT2D eigenvalue weighted by Crippen LogP contribution is 2.11. The molecule has 9 heteroatoms. The third-order valence-corrected chi connectivity index (χ3v) is 4.90. The summed E-state index contributed by atoms with van der Waals surface area (Å²) in [5.74, 6) is 1.75. The standard InChI is InChI=1S/C20H29N7O.HI/c1-5-19(28)26-9-8-17(13-26)24-20(21-4)23-12-16-6-7-18(22-11-16)27-15(3)10-14(2)25-27;/h6-7,10-11,17H,5,8-9,12-13H2,1-4H3,(H2,21,23,24);1H. The summed E-state index contributed by atoms with van der Waals surface area (Å²) in [6, 6.07) is 6.27. The predicted octanol–water partition coefficient (Wildman–Crippen LogP) is 2.18. The Morgan fingerprint density at radius 1 is 1.34 bits per heavy atom. The fourth-order valence-electron chi connectivity index (χ4n) is 3.41. The van der Waals surface area contributed by atoms with E-state index in [1.54, 1.807) is 7.05 Å². The van der Waals surface area contributed by atoms with E-state index in [0.29, 0.717) is 13.0 Å². The van der Waals surface area contributed by atoms with Crippen LogP contribution >= 0.6 is 24.0 Å². The van der Waals surface area contributed by atoms with E-state index in [0.717, 1.165) is 48.2 Å². The SMILES string of the molecule is CCC(=O)N1CCC(NC(=NC)NCc2ccc(-n3nc(C)cc3C)nc2)C1.I. The first-order valence-electron chi connectivity index (χ1n) is 9.73. The van der Waals surface area contributed by atoms with Gasteiger partial charge in [-0.3, -0.25) is 9.79 Å². The van der Waals surface area contributed by atoms with Gasteiger partial charge in [-0.2, -0.15) is 5.10 Å². The molecule has 0 aromatic carbocycles. The van der Waals surface area contributed by atoms with Crippen LogP contribution in [0.15, 0.2) is 29.4 Å². The first-order chi connectivity index (χ1) is 13.5. The van der Waals surface area contributed by atoms with E-state index in [4.69, 9.17) is 0 Å². The molecular formula is C20H30IN7O. The molecule has 8 nitrogen and oxygen atoms in total. The monoisotopic (exact) mass is 511 g/mol. The number of halogens is 1. The maximum absolute atomic E-state index is 11.8. The highest BCUT2D eigenvalue weighted by molar-refractivity contribution is 14.0. The Morgan fingerprint density at radius 3 is 2.72 bits per heavy atom. The number of aromatic nitrogens is 3. The van der Waals surface area contributed by atoms with Crippen molar-refractivity contribution in [3.05, 3.63) is 41.3 Å². The number of carbonyl (C=O) groups excluding carboxylic acids is 1. The average molecular weight is 511 g/mol. The number of likely N-dealkylation sites (tertiary alicyclic amines) is 1. The molecular weight excluding hydrogens is 481 g/mol. The topological polar surface area (TPSA) is 87.4 Å². The van der Waals surface area contributed by atoms with E-state index in [1.165, 1.54) is 0 Å². The number of hydrogen-bond donors (Lipinski definition) is 2. The zero-order valence-electron chi connectivity index (χ0n) is 17.5. The van der Waals surface area contributed by atoms with Crippen molar-refractivity contribution in [3.63, 3.8) is 0 Å². The Morgan fingerprint density at radius 2 is 2.14 bits per heavy atom. The lowest BCUT2D eigenvalue weighted by Crippen LogP contribution is -2.44. The molecule has 1 amide bonds. The van der Waals surface area contributed by atoms with Crippen LogP contribution in [0.25, 0.3) is 5.82 Å². The van der Waals surface area contributed by atoms with Crippen LogP contribution in [0.2, 0.25) is 0 Å². The second kappa shape index (κ2) is 10.6. The minimum absolute atomic E-state index is 0. The summed E-state index contributed by atoms with van der Waals surface area (Å²) in [5.41, 5.74) is 3.10. The molecule has 2 N–H and O–H groups in total. The van der Waals surface area contributed by atoms with Crippen molar-refractivity contribution in [1.29, 1.82) is 0 Å². The molecule has 2 aromatic rings. The lowest BCUT2D eigenvalue weighted by Gasteiger charge is -2.18. The molecule has 0 bridgehead atoms. The summed E-state index contributed by atoms with van der Waals surface area (Å²) in [4.78, 5) is 22.5. The van der Waals surface area contributed by atoms with Crippen LogP contribution in [-0.2, 0) is 11.3 Å². The molecule has 1 aliphatic heterocycles. The van der Waals surface area contributed by atoms with Crippen LogP contribution in [-0.4, -0.2) is 57.7 Å². The van der Waals surface area contributed by atoms with E-state index in [1.807, 2.05) is 54.7 Å². The number of aryl methyl sites for hydroxylation is 2. The van der Waals surface area contributed by atoms with Crippen LogP contribution in [0.5, 0.6) is 0 Å². The van der Waals surface area contributed by atoms with E-state index in [2.05, 4.69) is 25.7 Å². The molecule has 0 radical (unpaired) electrons. The highest BCUT2D eigenvalue weighted by Gasteiger charge is 2.25. The first-order valence-corrected chi connectivity index (χ1v) is 9.73. The Labute approximate surface area is 189 Å². The number of amides is 1. The molecule has 3 heterocycles. The molecule has 1 fully saturated rings. The van der Waals surface area contributed by atoms with Crippen LogP contribution in [0.4, 0.5) is 0 Å². The first kappa shape index (κ1) is 23.1. The molecule has 0 saturated carbocycles. The Bertz CT molecular complexity index is 847. The Balaban J connectivity index is 0.00000300. The van der Waals surface area contributed by atoms with Gasteiger partial charge in [0.05, 0.1) is 5.69 Å². The molecule has 1 saturated heterocycles. The third kappa shape index (κ3) is 5.91. The number of rotatable bonds is 5. The van der Waals surface area contributed by atoms with Crippen molar-refractivity contribution in [2.75, 3.05) is 20.1 Å². The summed E-state index contributed by atoms with van der Waals surface area (Å²) in [7, 11) is 1.75. The third-order valence-electron chi connectivity index (χ3n) is 4.90. The minimum Gasteiger partial charge on any atom is -0.352 e. The molecule has 1 atom stereocenters. The van der Waals surface area contributed by atoms with E-state index in [9.17, 15) is 4.79 Å². The summed E-state index contributed by atoms with van der Waals surface area (Å²) in [6.07, 6.45) is 3.34. The van der Waals surface area contributed by atoms with Crippen molar-refractivity contribution in [2.45, 2.75) is 46.2 Å². The number of nitrogens with zero attached hydrogens (tertiary/aromatic N) is 5.